The highest BCUT2D eigenvalue weighted by Gasteiger charge is 2.33. The molecule has 0 spiro atoms. The molecule has 2 aromatic heterocycles. The van der Waals surface area contributed by atoms with Crippen molar-refractivity contribution in [2.24, 2.45) is 0 Å². The topological polar surface area (TPSA) is 170 Å². The van der Waals surface area contributed by atoms with E-state index in [0.29, 0.717) is 17.7 Å². The quantitative estimate of drug-likeness (QED) is 0.300. The van der Waals surface area contributed by atoms with Gasteiger partial charge in [0.25, 0.3) is 8.18 Å². The summed E-state index contributed by atoms with van der Waals surface area (Å²) in [4.78, 5) is 36.9. The third kappa shape index (κ3) is 7.73. The van der Waals surface area contributed by atoms with Gasteiger partial charge >= 0.3 is 11.9 Å². The smallest absolute Gasteiger partial charge is 0.338 e. The number of rotatable bonds is 13. The van der Waals surface area contributed by atoms with Crippen LogP contribution in [0.15, 0.2) is 12.7 Å². The summed E-state index contributed by atoms with van der Waals surface area (Å²) >= 11 is 0. The Morgan fingerprint density at radius 2 is 1.94 bits per heavy atom. The highest BCUT2D eigenvalue weighted by Crippen LogP contribution is 2.26. The minimum Gasteiger partial charge on any atom is -0.465 e. The van der Waals surface area contributed by atoms with Gasteiger partial charge in [-0.15, -0.1) is 0 Å². The summed E-state index contributed by atoms with van der Waals surface area (Å²) in [7, 11) is -3.05. The number of imidazole rings is 1. The van der Waals surface area contributed by atoms with Crippen molar-refractivity contribution in [3.63, 3.8) is 0 Å². The number of ether oxygens (including phenoxy) is 3. The number of anilines is 1. The van der Waals surface area contributed by atoms with E-state index in [4.69, 9.17) is 24.5 Å². The fraction of sp³-hybridized carbons (Fsp3) is 0.650. The molecule has 0 aliphatic heterocycles. The van der Waals surface area contributed by atoms with Crippen molar-refractivity contribution in [1.82, 2.24) is 24.6 Å². The lowest BCUT2D eigenvalue weighted by Crippen LogP contribution is -2.45. The SMILES string of the molecule is CCOC(=O)C(C)(C)N[PH](=O)OC(COC(C)Cn1cnc2c(N)ncnc21)C(=O)OC(C)C. The first-order valence-electron chi connectivity index (χ1n) is 10.8. The maximum absolute atomic E-state index is 12.6. The summed E-state index contributed by atoms with van der Waals surface area (Å²) in [5.74, 6) is -1.06. The van der Waals surface area contributed by atoms with Crippen LogP contribution in [0.5, 0.6) is 0 Å². The average Bonchev–Trinajstić information content (AvgIpc) is 3.14. The zero-order valence-electron chi connectivity index (χ0n) is 20.2. The van der Waals surface area contributed by atoms with Crippen LogP contribution < -0.4 is 10.8 Å². The van der Waals surface area contributed by atoms with Crippen LogP contribution in [0.25, 0.3) is 11.2 Å². The lowest BCUT2D eigenvalue weighted by molar-refractivity contribution is -0.159. The minimum absolute atomic E-state index is 0.172. The molecule has 13 nitrogen and oxygen atoms in total. The Hall–Kier alpha value is -2.60. The molecule has 0 aliphatic carbocycles. The number of esters is 2. The largest absolute Gasteiger partial charge is 0.465 e. The van der Waals surface area contributed by atoms with E-state index in [2.05, 4.69) is 20.0 Å². The predicted molar refractivity (Wildman–Crippen MR) is 124 cm³/mol. The minimum atomic E-state index is -3.05. The maximum Gasteiger partial charge on any atom is 0.338 e. The molecule has 2 rings (SSSR count). The predicted octanol–water partition coefficient (Wildman–Crippen LogP) is 1.47. The summed E-state index contributed by atoms with van der Waals surface area (Å²) in [6.45, 7) is 10.1. The summed E-state index contributed by atoms with van der Waals surface area (Å²) in [5, 5.41) is 2.58. The van der Waals surface area contributed by atoms with Gasteiger partial charge in [0.05, 0.1) is 38.3 Å². The number of fused-ring (bicyclic) bond motifs is 1. The number of nitrogens with one attached hydrogen (secondary N) is 1. The molecule has 2 heterocycles. The van der Waals surface area contributed by atoms with Crippen LogP contribution in [0.4, 0.5) is 5.82 Å². The van der Waals surface area contributed by atoms with Gasteiger partial charge in [0, 0.05) is 0 Å². The number of nitrogens with two attached hydrogens (primary N) is 1. The van der Waals surface area contributed by atoms with E-state index in [1.807, 2.05) is 0 Å². The summed E-state index contributed by atoms with van der Waals surface area (Å²) < 4.78 is 35.7. The lowest BCUT2D eigenvalue weighted by atomic mass is 10.1. The molecule has 3 N–H and O–H groups in total. The van der Waals surface area contributed by atoms with Crippen molar-refractivity contribution in [3.05, 3.63) is 12.7 Å². The molecule has 34 heavy (non-hydrogen) atoms. The second-order valence-electron chi connectivity index (χ2n) is 8.32. The van der Waals surface area contributed by atoms with Crippen molar-refractivity contribution in [1.29, 1.82) is 0 Å². The Balaban J connectivity index is 2.03. The Morgan fingerprint density at radius 3 is 2.59 bits per heavy atom. The van der Waals surface area contributed by atoms with Crippen molar-refractivity contribution >= 4 is 37.1 Å². The summed E-state index contributed by atoms with van der Waals surface area (Å²) in [6.07, 6.45) is 0.814. The van der Waals surface area contributed by atoms with Crippen molar-refractivity contribution in [2.45, 2.75) is 71.9 Å². The Labute approximate surface area is 198 Å². The summed E-state index contributed by atoms with van der Waals surface area (Å²) in [6, 6.07) is 0. The average molecular weight is 500 g/mol. The number of hydrogen-bond donors (Lipinski definition) is 2. The van der Waals surface area contributed by atoms with E-state index in [9.17, 15) is 14.2 Å². The molecule has 2 aromatic rings. The number of carbonyl (C=O) groups excluding carboxylic acids is 2. The molecule has 0 fully saturated rings. The van der Waals surface area contributed by atoms with Crippen molar-refractivity contribution in [2.75, 3.05) is 18.9 Å². The number of hydrogen-bond acceptors (Lipinski definition) is 11. The van der Waals surface area contributed by atoms with Crippen LogP contribution in [0, 0.1) is 0 Å². The molecule has 0 radical (unpaired) electrons. The van der Waals surface area contributed by atoms with Gasteiger partial charge in [0.2, 0.25) is 0 Å². The normalized spacial score (nSPS) is 14.7. The fourth-order valence-corrected chi connectivity index (χ4v) is 3.94. The van der Waals surface area contributed by atoms with E-state index in [0.717, 1.165) is 0 Å². The van der Waals surface area contributed by atoms with E-state index in [-0.39, 0.29) is 19.0 Å². The van der Waals surface area contributed by atoms with E-state index < -0.39 is 44.0 Å². The highest BCUT2D eigenvalue weighted by molar-refractivity contribution is 7.36. The maximum atomic E-state index is 12.6. The van der Waals surface area contributed by atoms with Gasteiger partial charge in [-0.05, 0) is 41.5 Å². The first kappa shape index (κ1) is 27.6. The van der Waals surface area contributed by atoms with Crippen LogP contribution >= 0.6 is 8.18 Å². The standard InChI is InChI=1S/C20H33N6O7P/c1-7-30-19(28)20(5,6)25-34(29)33-14(18(27)32-12(2)3)9-31-13(4)8-26-11-24-15-16(21)22-10-23-17(15)26/h10-14,34H,7-9H2,1-6H3,(H,25,29)(H2,21,22,23). The van der Waals surface area contributed by atoms with Crippen LogP contribution in [0.1, 0.15) is 41.5 Å². The second kappa shape index (κ2) is 12.2. The Kier molecular flexibility index (Phi) is 9.92. The first-order chi connectivity index (χ1) is 15.9. The van der Waals surface area contributed by atoms with E-state index in [1.165, 1.54) is 20.2 Å². The third-order valence-electron chi connectivity index (χ3n) is 4.48. The number of nitrogen functional groups attached to an aromatic ring is 1. The molecule has 0 saturated carbocycles. The van der Waals surface area contributed by atoms with E-state index in [1.54, 1.807) is 38.6 Å². The van der Waals surface area contributed by atoms with Gasteiger partial charge in [-0.1, -0.05) is 0 Å². The monoisotopic (exact) mass is 500 g/mol. The van der Waals surface area contributed by atoms with E-state index >= 15 is 0 Å². The zero-order valence-corrected chi connectivity index (χ0v) is 21.2. The molecule has 3 unspecified atom stereocenters. The third-order valence-corrected chi connectivity index (χ3v) is 5.81. The van der Waals surface area contributed by atoms with Gasteiger partial charge in [-0.2, -0.15) is 0 Å². The summed E-state index contributed by atoms with van der Waals surface area (Å²) in [5.41, 5.74) is 5.55. The van der Waals surface area contributed by atoms with Crippen molar-refractivity contribution < 1.29 is 32.9 Å². The van der Waals surface area contributed by atoms with Gasteiger partial charge in [-0.25, -0.2) is 24.8 Å². The molecule has 0 saturated heterocycles. The van der Waals surface area contributed by atoms with Crippen LogP contribution in [0.2, 0.25) is 0 Å². The molecule has 0 aliphatic rings. The lowest BCUT2D eigenvalue weighted by Gasteiger charge is -2.25. The van der Waals surface area contributed by atoms with Crippen LogP contribution in [-0.2, 0) is 39.4 Å². The van der Waals surface area contributed by atoms with Crippen molar-refractivity contribution in [3.8, 4) is 0 Å². The first-order valence-corrected chi connectivity index (χ1v) is 12.2. The van der Waals surface area contributed by atoms with Crippen LogP contribution in [0.3, 0.4) is 0 Å². The Morgan fingerprint density at radius 1 is 1.24 bits per heavy atom. The fourth-order valence-electron chi connectivity index (χ4n) is 2.85. The number of aromatic nitrogens is 4. The van der Waals surface area contributed by atoms with Gasteiger partial charge in [0.15, 0.2) is 17.6 Å². The molecule has 3 atom stereocenters. The zero-order chi connectivity index (χ0) is 25.5. The molecule has 190 valence electrons. The second-order valence-corrected chi connectivity index (χ2v) is 9.38. The van der Waals surface area contributed by atoms with Gasteiger partial charge in [0.1, 0.15) is 17.4 Å². The Bertz CT molecular complexity index is 1010. The molecule has 14 heteroatoms. The molecular weight excluding hydrogens is 467 g/mol. The van der Waals surface area contributed by atoms with Crippen LogP contribution in [-0.4, -0.2) is 68.5 Å². The number of nitrogens with zero attached hydrogens (tertiary/aromatic N) is 4. The molecule has 0 bridgehead atoms. The van der Waals surface area contributed by atoms with Gasteiger partial charge < -0.3 is 29.0 Å². The number of carbonyl (C=O) groups is 2. The van der Waals surface area contributed by atoms with Gasteiger partial charge in [-0.3, -0.25) is 9.36 Å². The molecule has 0 amide bonds. The molecular formula is C20H33N6O7P. The molecule has 0 aromatic carbocycles. The highest BCUT2D eigenvalue weighted by atomic mass is 31.1.